The molecule has 0 aliphatic heterocycles. The number of carbonyl (C=O) groups is 3. The zero-order chi connectivity index (χ0) is 47.7. The Morgan fingerprint density at radius 2 is 0.862 bits per heavy atom. The summed E-state index contributed by atoms with van der Waals surface area (Å²) in [6.07, 6.45) is 58.8. The zero-order valence-corrected chi connectivity index (χ0v) is 43.2. The maximum atomic E-state index is 12.8. The lowest BCUT2D eigenvalue weighted by molar-refractivity contribution is -0.887. The van der Waals surface area contributed by atoms with Crippen molar-refractivity contribution in [3.63, 3.8) is 0 Å². The van der Waals surface area contributed by atoms with Crippen molar-refractivity contribution in [2.45, 2.75) is 257 Å². The van der Waals surface area contributed by atoms with Crippen molar-refractivity contribution in [2.75, 3.05) is 41.0 Å². The van der Waals surface area contributed by atoms with Gasteiger partial charge >= 0.3 is 17.9 Å². The Morgan fingerprint density at radius 3 is 1.29 bits per heavy atom. The first-order valence-electron chi connectivity index (χ1n) is 27.2. The molecule has 65 heavy (non-hydrogen) atoms. The van der Waals surface area contributed by atoms with Gasteiger partial charge in [-0.3, -0.25) is 9.59 Å². The van der Waals surface area contributed by atoms with Gasteiger partial charge < -0.3 is 23.8 Å². The first kappa shape index (κ1) is 62.3. The number of allylic oxidation sites excluding steroid dienone is 8. The van der Waals surface area contributed by atoms with Crippen molar-refractivity contribution in [1.82, 2.24) is 0 Å². The van der Waals surface area contributed by atoms with Crippen LogP contribution >= 0.6 is 0 Å². The van der Waals surface area contributed by atoms with Crippen molar-refractivity contribution < 1.29 is 38.2 Å². The van der Waals surface area contributed by atoms with E-state index >= 15 is 0 Å². The summed E-state index contributed by atoms with van der Waals surface area (Å²) < 4.78 is 17.4. The van der Waals surface area contributed by atoms with Gasteiger partial charge in [0.1, 0.15) is 6.61 Å². The number of hydrogen-bond acceptors (Lipinski definition) is 6. The fraction of sp³-hybridized carbons (Fsp3) is 0.807. The predicted molar refractivity (Wildman–Crippen MR) is 275 cm³/mol. The number of quaternary nitrogens is 1. The highest BCUT2D eigenvalue weighted by atomic mass is 16.6. The number of hydrogen-bond donors (Lipinski definition) is 1. The van der Waals surface area contributed by atoms with E-state index in [-0.39, 0.29) is 36.2 Å². The SMILES string of the molecule is CC/C=C/C/C=C/C/C=C/CCCCCCCCCCCCCC(=O)OC(COCCC(C(=O)O)[N+](C)(C)C)COC(=O)CCCCCCCCC/C=C/CCCCCCCCCCC. The lowest BCUT2D eigenvalue weighted by atomic mass is 10.0. The molecule has 1 N–H and O–H groups in total. The highest BCUT2D eigenvalue weighted by molar-refractivity contribution is 5.72. The molecule has 8 nitrogen and oxygen atoms in total. The van der Waals surface area contributed by atoms with Gasteiger partial charge in [0.15, 0.2) is 12.1 Å². The minimum Gasteiger partial charge on any atom is -0.477 e. The van der Waals surface area contributed by atoms with Crippen LogP contribution in [0, 0.1) is 0 Å². The highest BCUT2D eigenvalue weighted by Gasteiger charge is 2.31. The minimum absolute atomic E-state index is 0.0532. The molecule has 0 aliphatic carbocycles. The van der Waals surface area contributed by atoms with Crippen molar-refractivity contribution >= 4 is 17.9 Å². The number of ether oxygens (including phenoxy) is 3. The second-order valence-electron chi connectivity index (χ2n) is 19.5. The summed E-state index contributed by atoms with van der Waals surface area (Å²) in [6.45, 7) is 4.65. The predicted octanol–water partition coefficient (Wildman–Crippen LogP) is 15.9. The standard InChI is InChI=1S/C57H103NO7/c1-6-8-10-12-14-16-18-20-22-24-26-28-30-32-34-36-38-40-42-44-46-48-56(60)65-53(51-63-50-49-54(57(61)62)58(3,4)5)52-64-55(59)47-45-43-41-39-37-35-33-31-29-27-25-23-21-19-17-15-13-11-9-7-2/h8,10,14,16,20,22,27,29,53-54H,6-7,9,11-13,15,17-19,21,23-26,28,30-52H2,1-5H3/p+1/b10-8+,16-14+,22-20+,29-27+. The third-order valence-electron chi connectivity index (χ3n) is 12.2. The molecule has 0 saturated heterocycles. The van der Waals surface area contributed by atoms with Crippen LogP contribution < -0.4 is 0 Å². The first-order valence-corrected chi connectivity index (χ1v) is 27.2. The van der Waals surface area contributed by atoms with E-state index in [1.807, 2.05) is 21.1 Å². The van der Waals surface area contributed by atoms with Crippen LogP contribution in [0.1, 0.15) is 245 Å². The van der Waals surface area contributed by atoms with Gasteiger partial charge in [-0.05, 0) is 70.6 Å². The monoisotopic (exact) mass is 915 g/mol. The maximum absolute atomic E-state index is 12.8. The Morgan fingerprint density at radius 1 is 0.477 bits per heavy atom. The molecule has 0 amide bonds. The molecule has 0 saturated carbocycles. The molecule has 2 unspecified atom stereocenters. The first-order chi connectivity index (χ1) is 31.6. The Kier molecular flexibility index (Phi) is 45.8. The third-order valence-corrected chi connectivity index (χ3v) is 12.2. The topological polar surface area (TPSA) is 99.1 Å². The number of carboxylic acid groups (broad SMARTS) is 1. The van der Waals surface area contributed by atoms with E-state index in [1.54, 1.807) is 0 Å². The molecule has 0 spiro atoms. The lowest BCUT2D eigenvalue weighted by Crippen LogP contribution is -2.50. The van der Waals surface area contributed by atoms with Gasteiger partial charge in [-0.2, -0.15) is 0 Å². The fourth-order valence-corrected chi connectivity index (χ4v) is 8.04. The molecule has 0 radical (unpaired) electrons. The number of carboxylic acids is 1. The number of aliphatic carboxylic acids is 1. The summed E-state index contributed by atoms with van der Waals surface area (Å²) in [5.74, 6) is -1.47. The van der Waals surface area contributed by atoms with E-state index in [0.717, 1.165) is 57.8 Å². The molecule has 0 aromatic rings. The fourth-order valence-electron chi connectivity index (χ4n) is 8.04. The molecule has 0 aromatic heterocycles. The quantitative estimate of drug-likeness (QED) is 0.0281. The van der Waals surface area contributed by atoms with E-state index in [0.29, 0.717) is 19.3 Å². The number of esters is 2. The van der Waals surface area contributed by atoms with Crippen molar-refractivity contribution in [2.24, 2.45) is 0 Å². The molecule has 0 bridgehead atoms. The average molecular weight is 915 g/mol. The Bertz CT molecular complexity index is 1200. The number of nitrogens with zero attached hydrogens (tertiary/aromatic N) is 1. The molecular formula is C57H104NO7+. The molecule has 0 aliphatic rings. The van der Waals surface area contributed by atoms with E-state index in [4.69, 9.17) is 14.2 Å². The molecule has 0 fully saturated rings. The molecule has 2 atom stereocenters. The Labute approximate surface area is 401 Å². The summed E-state index contributed by atoms with van der Waals surface area (Å²) in [6, 6.07) is -0.617. The normalized spacial score (nSPS) is 13.2. The minimum atomic E-state index is -0.874. The molecule has 0 aromatic carbocycles. The average Bonchev–Trinajstić information content (AvgIpc) is 3.27. The zero-order valence-electron chi connectivity index (χ0n) is 43.2. The molecular weight excluding hydrogens is 811 g/mol. The number of carbonyl (C=O) groups excluding carboxylic acids is 2. The van der Waals surface area contributed by atoms with Gasteiger partial charge in [0.2, 0.25) is 0 Å². The van der Waals surface area contributed by atoms with Crippen LogP contribution in [0.5, 0.6) is 0 Å². The van der Waals surface area contributed by atoms with Gasteiger partial charge in [0.05, 0.1) is 34.4 Å². The lowest BCUT2D eigenvalue weighted by Gasteiger charge is -2.31. The summed E-state index contributed by atoms with van der Waals surface area (Å²) in [4.78, 5) is 37.2. The highest BCUT2D eigenvalue weighted by Crippen LogP contribution is 2.16. The molecule has 0 heterocycles. The van der Waals surface area contributed by atoms with Crippen LogP contribution in [0.15, 0.2) is 48.6 Å². The second kappa shape index (κ2) is 47.8. The van der Waals surface area contributed by atoms with E-state index in [2.05, 4.69) is 62.5 Å². The smallest absolute Gasteiger partial charge is 0.362 e. The molecule has 378 valence electrons. The Balaban J connectivity index is 4.20. The van der Waals surface area contributed by atoms with Crippen molar-refractivity contribution in [1.29, 1.82) is 0 Å². The van der Waals surface area contributed by atoms with Crippen molar-refractivity contribution in [3.05, 3.63) is 48.6 Å². The summed E-state index contributed by atoms with van der Waals surface area (Å²) in [5, 5.41) is 9.67. The van der Waals surface area contributed by atoms with E-state index < -0.39 is 18.1 Å². The summed E-state index contributed by atoms with van der Waals surface area (Å²) in [5.41, 5.74) is 0. The van der Waals surface area contributed by atoms with Crippen LogP contribution in [-0.2, 0) is 28.6 Å². The molecule has 8 heteroatoms. The number of unbranched alkanes of at least 4 members (excludes halogenated alkanes) is 27. The van der Waals surface area contributed by atoms with Crippen LogP contribution in [-0.4, -0.2) is 80.6 Å². The van der Waals surface area contributed by atoms with Gasteiger partial charge in [-0.1, -0.05) is 204 Å². The van der Waals surface area contributed by atoms with Crippen LogP contribution in [0.3, 0.4) is 0 Å². The van der Waals surface area contributed by atoms with Gasteiger partial charge in [0, 0.05) is 19.3 Å². The molecule has 0 rings (SSSR count). The summed E-state index contributed by atoms with van der Waals surface area (Å²) in [7, 11) is 5.54. The largest absolute Gasteiger partial charge is 0.477 e. The van der Waals surface area contributed by atoms with Gasteiger partial charge in [0.25, 0.3) is 0 Å². The van der Waals surface area contributed by atoms with Gasteiger partial charge in [-0.25, -0.2) is 4.79 Å². The van der Waals surface area contributed by atoms with Crippen LogP contribution in [0.2, 0.25) is 0 Å². The van der Waals surface area contributed by atoms with Gasteiger partial charge in [-0.15, -0.1) is 0 Å². The van der Waals surface area contributed by atoms with Crippen LogP contribution in [0.4, 0.5) is 0 Å². The third kappa shape index (κ3) is 46.2. The summed E-state index contributed by atoms with van der Waals surface area (Å²) >= 11 is 0. The van der Waals surface area contributed by atoms with E-state index in [1.165, 1.54) is 154 Å². The maximum Gasteiger partial charge on any atom is 0.362 e. The van der Waals surface area contributed by atoms with Crippen LogP contribution in [0.25, 0.3) is 0 Å². The Hall–Kier alpha value is -2.71. The second-order valence-corrected chi connectivity index (χ2v) is 19.5. The van der Waals surface area contributed by atoms with E-state index in [9.17, 15) is 19.5 Å². The van der Waals surface area contributed by atoms with Crippen molar-refractivity contribution in [3.8, 4) is 0 Å². The number of likely N-dealkylation sites (N-methyl/N-ethyl adjacent to an activating group) is 1. The number of rotatable bonds is 49.